The Morgan fingerprint density at radius 3 is 2.92 bits per heavy atom. The minimum atomic E-state index is -2.18. The molecule has 72 valence electrons. The molecule has 0 bridgehead atoms. The fourth-order valence-corrected chi connectivity index (χ4v) is 2.20. The molecule has 1 fully saturated rings. The van der Waals surface area contributed by atoms with Crippen LogP contribution in [-0.2, 0) is 16.5 Å². The van der Waals surface area contributed by atoms with Crippen molar-refractivity contribution in [3.05, 3.63) is 0 Å². The molecule has 0 aromatic heterocycles. The van der Waals surface area contributed by atoms with Crippen LogP contribution in [0, 0.1) is 0 Å². The number of aliphatic hydroxyl groups excluding tert-OH is 1. The zero-order valence-electron chi connectivity index (χ0n) is 8.01. The number of ether oxygens (including phenoxy) is 1. The minimum absolute atomic E-state index is 0.308. The molecule has 0 aromatic carbocycles. The third-order valence-corrected chi connectivity index (χ3v) is 3.50. The van der Waals surface area contributed by atoms with Crippen molar-refractivity contribution in [3.63, 3.8) is 0 Å². The van der Waals surface area contributed by atoms with Gasteiger partial charge >= 0.3 is 0 Å². The highest BCUT2D eigenvalue weighted by Gasteiger charge is 2.26. The third kappa shape index (κ3) is 3.50. The van der Waals surface area contributed by atoms with Crippen molar-refractivity contribution in [1.82, 2.24) is 0 Å². The average Bonchev–Trinajstić information content (AvgIpc) is 2.24. The van der Waals surface area contributed by atoms with Gasteiger partial charge in [0.1, 0.15) is 0 Å². The molecule has 1 rings (SSSR count). The van der Waals surface area contributed by atoms with E-state index >= 15 is 0 Å². The van der Waals surface area contributed by atoms with Gasteiger partial charge in [0, 0.05) is 12.7 Å². The summed E-state index contributed by atoms with van der Waals surface area (Å²) in [5.74, 6) is 0. The molecule has 4 atom stereocenters. The van der Waals surface area contributed by atoms with Crippen molar-refractivity contribution < 1.29 is 16.1 Å². The highest BCUT2D eigenvalue weighted by molar-refractivity contribution is 8.11. The first kappa shape index (κ1) is 9.10. The molecule has 1 aliphatic rings. The predicted octanol–water partition coefficient (Wildman–Crippen LogP) is 0.543. The lowest BCUT2D eigenvalue weighted by molar-refractivity contribution is 0.0407. The third-order valence-electron chi connectivity index (χ3n) is 1.87. The molecule has 3 nitrogen and oxygen atoms in total. The van der Waals surface area contributed by atoms with Gasteiger partial charge in [-0.05, 0) is 19.5 Å². The predicted molar refractivity (Wildman–Crippen MR) is 52.3 cm³/mol. The van der Waals surface area contributed by atoms with E-state index < -0.39 is 19.0 Å². The van der Waals surface area contributed by atoms with Crippen LogP contribution in [0.2, 0.25) is 0 Å². The monoisotopic (exact) mass is 212 g/mol. The van der Waals surface area contributed by atoms with Crippen LogP contribution < -0.4 is 0 Å². The van der Waals surface area contributed by atoms with Crippen molar-refractivity contribution in [2.75, 3.05) is 19.4 Å². The van der Waals surface area contributed by atoms with Crippen molar-refractivity contribution >= 4 is 18.1 Å². The normalized spacial score (nSPS) is 42.2. The van der Waals surface area contributed by atoms with Crippen molar-refractivity contribution in [2.24, 2.45) is 0 Å². The van der Waals surface area contributed by atoms with Gasteiger partial charge in [-0.3, -0.25) is 0 Å². The average molecular weight is 212 g/mol. The Kier molecular flexibility index (Phi) is 3.15. The summed E-state index contributed by atoms with van der Waals surface area (Å²) in [6, 6.07) is 0. The van der Waals surface area contributed by atoms with Crippen LogP contribution >= 0.6 is 6.26 Å². The van der Waals surface area contributed by atoms with Crippen LogP contribution in [0.3, 0.4) is 0 Å². The number of hydrogen-bond donors (Lipinski definition) is 2. The van der Waals surface area contributed by atoms with E-state index in [1.54, 1.807) is 6.66 Å². The van der Waals surface area contributed by atoms with E-state index in [0.717, 1.165) is 0 Å². The lowest BCUT2D eigenvalue weighted by Crippen LogP contribution is -2.21. The van der Waals surface area contributed by atoms with Gasteiger partial charge in [-0.25, -0.2) is 0 Å². The summed E-state index contributed by atoms with van der Waals surface area (Å²) in [6.07, 6.45) is -1.63. The zero-order chi connectivity index (χ0) is 10.1. The van der Waals surface area contributed by atoms with E-state index in [1.807, 2.05) is 0 Å². The molecule has 0 saturated carbocycles. The van der Waals surface area contributed by atoms with E-state index in [-0.39, 0.29) is 6.10 Å². The maximum atomic E-state index is 9.41. The Balaban J connectivity index is 2.34. The van der Waals surface area contributed by atoms with Crippen molar-refractivity contribution in [3.8, 4) is 0 Å². The van der Waals surface area contributed by atoms with Gasteiger partial charge in [-0.15, -0.1) is 0 Å². The number of hydrogen-bond acceptors (Lipinski definition) is 3. The van der Waals surface area contributed by atoms with Crippen molar-refractivity contribution in [1.29, 1.82) is 0 Å². The first-order chi connectivity index (χ1) is 5.88. The van der Waals surface area contributed by atoms with E-state index in [9.17, 15) is 10.00 Å². The van der Waals surface area contributed by atoms with Crippen LogP contribution in [-0.4, -0.2) is 41.6 Å². The van der Waals surface area contributed by atoms with Crippen LogP contribution in [0.1, 0.15) is 14.2 Å². The van der Waals surface area contributed by atoms with E-state index in [4.69, 9.17) is 17.9 Å². The minimum Gasteiger partial charge on any atom is -0.390 e. The second kappa shape index (κ2) is 4.16. The zero-order valence-corrected chi connectivity index (χ0v) is 8.72. The molecule has 12 heavy (non-hydrogen) atoms. The SMILES string of the molecule is [3H][C@H]1C[C@@H](O)[C@@H](CCP(C)(O)=S)O1. The van der Waals surface area contributed by atoms with E-state index in [1.165, 1.54) is 0 Å². The molecule has 0 amide bonds. The van der Waals surface area contributed by atoms with Crippen LogP contribution in [0.5, 0.6) is 0 Å². The first-order valence-electron chi connectivity index (χ1n) is 4.51. The Morgan fingerprint density at radius 2 is 2.50 bits per heavy atom. The largest absolute Gasteiger partial charge is 0.390 e. The van der Waals surface area contributed by atoms with E-state index in [2.05, 4.69) is 0 Å². The van der Waals surface area contributed by atoms with Crippen LogP contribution in [0.4, 0.5) is 0 Å². The summed E-state index contributed by atoms with van der Waals surface area (Å²) in [5, 5.41) is 9.41. The molecule has 0 radical (unpaired) electrons. The molecule has 5 heteroatoms. The van der Waals surface area contributed by atoms with Gasteiger partial charge in [0.2, 0.25) is 0 Å². The van der Waals surface area contributed by atoms with Crippen molar-refractivity contribution in [2.45, 2.75) is 25.0 Å². The highest BCUT2D eigenvalue weighted by Crippen LogP contribution is 2.37. The van der Waals surface area contributed by atoms with Gasteiger partial charge in [0.15, 0.2) is 0 Å². The topological polar surface area (TPSA) is 49.7 Å². The van der Waals surface area contributed by atoms with E-state index in [0.29, 0.717) is 19.0 Å². The Labute approximate surface area is 79.2 Å². The van der Waals surface area contributed by atoms with Crippen LogP contribution in [0.25, 0.3) is 0 Å². The van der Waals surface area contributed by atoms with Crippen LogP contribution in [0.15, 0.2) is 0 Å². The van der Waals surface area contributed by atoms with Gasteiger partial charge < -0.3 is 14.7 Å². The van der Waals surface area contributed by atoms with Gasteiger partial charge in [-0.1, -0.05) is 11.8 Å². The molecule has 0 aliphatic carbocycles. The summed E-state index contributed by atoms with van der Waals surface area (Å²) in [5.41, 5.74) is 0. The molecular weight excluding hydrogens is 195 g/mol. The summed E-state index contributed by atoms with van der Waals surface area (Å²) < 4.78 is 12.4. The van der Waals surface area contributed by atoms with Gasteiger partial charge in [0.25, 0.3) is 0 Å². The lowest BCUT2D eigenvalue weighted by Gasteiger charge is -2.15. The van der Waals surface area contributed by atoms with Gasteiger partial charge in [0.05, 0.1) is 19.8 Å². The fourth-order valence-electron chi connectivity index (χ4n) is 1.15. The Bertz CT molecular complexity index is 220. The highest BCUT2D eigenvalue weighted by atomic mass is 32.4. The molecular formula is C7H15O3PS. The molecule has 1 aliphatic heterocycles. The summed E-state index contributed by atoms with van der Waals surface area (Å²) in [7, 11) is 0. The molecule has 0 aromatic rings. The standard InChI is InChI=1S/C7H15O3PS/c1-11(9,12)5-3-7-6(8)2-4-10-7/h6-8H,2-5H2,1H3,(H,9,12)/t6-,7-,11?/m1/s1/i4T/t4-,6+,7+,11?/m0. The summed E-state index contributed by atoms with van der Waals surface area (Å²) >= 11 is 4.87. The fraction of sp³-hybridized carbons (Fsp3) is 1.00. The quantitative estimate of drug-likeness (QED) is 0.670. The Morgan fingerprint density at radius 1 is 1.83 bits per heavy atom. The number of rotatable bonds is 3. The lowest BCUT2D eigenvalue weighted by atomic mass is 10.1. The maximum absolute atomic E-state index is 9.41. The molecule has 1 heterocycles. The smallest absolute Gasteiger partial charge is 0.0839 e. The second-order valence-electron chi connectivity index (χ2n) is 3.21. The molecule has 1 saturated heterocycles. The first-order valence-corrected chi connectivity index (χ1v) is 7.32. The summed E-state index contributed by atoms with van der Waals surface area (Å²) in [4.78, 5) is 9.37. The Hall–Kier alpha value is 0.530. The van der Waals surface area contributed by atoms with Gasteiger partial charge in [-0.2, -0.15) is 0 Å². The number of aliphatic hydroxyl groups is 1. The molecule has 2 N–H and O–H groups in total. The molecule has 1 unspecified atom stereocenters. The second-order valence-corrected chi connectivity index (χ2v) is 8.12. The molecule has 0 spiro atoms. The summed E-state index contributed by atoms with van der Waals surface area (Å²) in [6.45, 7) is 1.04. The maximum Gasteiger partial charge on any atom is 0.0839 e.